The highest BCUT2D eigenvalue weighted by Gasteiger charge is 2.26. The number of fused-ring (bicyclic) bond motifs is 1. The third-order valence-electron chi connectivity index (χ3n) is 4.95. The van der Waals surface area contributed by atoms with Crippen molar-refractivity contribution in [2.75, 3.05) is 24.5 Å². The molecule has 3 heterocycles. The quantitative estimate of drug-likeness (QED) is 0.589. The summed E-state index contributed by atoms with van der Waals surface area (Å²) < 4.78 is 27.8. The molecule has 30 heavy (non-hydrogen) atoms. The first kappa shape index (κ1) is 22.1. The Morgan fingerprint density at radius 3 is 2.80 bits per heavy atom. The molecule has 2 N–H and O–H groups in total. The number of hydrogen-bond donors (Lipinski definition) is 2. The van der Waals surface area contributed by atoms with Crippen LogP contribution in [0.5, 0.6) is 0 Å². The van der Waals surface area contributed by atoms with Gasteiger partial charge in [0.05, 0.1) is 16.1 Å². The molecule has 3 aromatic rings. The summed E-state index contributed by atoms with van der Waals surface area (Å²) >= 11 is 6.01. The second-order valence-electron chi connectivity index (χ2n) is 6.75. The van der Waals surface area contributed by atoms with Crippen molar-refractivity contribution < 1.29 is 18.3 Å². The highest BCUT2D eigenvalue weighted by Crippen LogP contribution is 2.31. The fourth-order valence-corrected chi connectivity index (χ4v) is 5.16. The standard InChI is InChI=1S/C19H21ClN4O2S.CH2O2/c1-2-15-12-23(10-9-21-15)18-13-24(17-7-4-8-22-19(17)18)27(25,26)16-6-3-5-14(20)11-16;2-1-3/h3-8,11,13,15,21H,2,9-10,12H2,1H3;1H,(H,2,3)/t15-;/m0./s1. The summed E-state index contributed by atoms with van der Waals surface area (Å²) in [7, 11) is -3.78. The molecule has 1 aliphatic rings. The number of carbonyl (C=O) groups is 1. The first-order valence-electron chi connectivity index (χ1n) is 9.45. The summed E-state index contributed by atoms with van der Waals surface area (Å²) in [5.74, 6) is 0. The zero-order valence-corrected chi connectivity index (χ0v) is 18.0. The summed E-state index contributed by atoms with van der Waals surface area (Å²) in [5, 5.41) is 10.8. The van der Waals surface area contributed by atoms with E-state index in [2.05, 4.69) is 22.1 Å². The molecule has 0 aliphatic carbocycles. The number of pyridine rings is 1. The minimum Gasteiger partial charge on any atom is -0.483 e. The summed E-state index contributed by atoms with van der Waals surface area (Å²) in [4.78, 5) is 15.2. The molecular weight excluding hydrogens is 428 g/mol. The van der Waals surface area contributed by atoms with Crippen LogP contribution in [-0.2, 0) is 14.8 Å². The molecule has 1 atom stereocenters. The number of carboxylic acid groups (broad SMARTS) is 1. The number of nitrogens with one attached hydrogen (secondary N) is 1. The number of hydrogen-bond acceptors (Lipinski definition) is 6. The molecule has 0 bridgehead atoms. The van der Waals surface area contributed by atoms with Crippen molar-refractivity contribution >= 4 is 44.8 Å². The van der Waals surface area contributed by atoms with Crippen LogP contribution >= 0.6 is 11.6 Å². The molecule has 10 heteroatoms. The lowest BCUT2D eigenvalue weighted by Gasteiger charge is -2.34. The van der Waals surface area contributed by atoms with E-state index in [0.29, 0.717) is 22.1 Å². The summed E-state index contributed by atoms with van der Waals surface area (Å²) in [6.07, 6.45) is 4.40. The molecule has 0 radical (unpaired) electrons. The molecule has 1 fully saturated rings. The Balaban J connectivity index is 0.000000806. The molecule has 0 spiro atoms. The average molecular weight is 451 g/mol. The molecule has 2 aromatic heterocycles. The van der Waals surface area contributed by atoms with Gasteiger partial charge in [0.1, 0.15) is 5.52 Å². The second kappa shape index (κ2) is 9.46. The molecular formula is C20H23ClN4O4S. The number of piperazine rings is 1. The van der Waals surface area contributed by atoms with Crippen LogP contribution < -0.4 is 10.2 Å². The Hall–Kier alpha value is -2.62. The van der Waals surface area contributed by atoms with Crippen LogP contribution in [0.3, 0.4) is 0 Å². The van der Waals surface area contributed by atoms with Crippen molar-refractivity contribution in [2.24, 2.45) is 0 Å². The molecule has 4 rings (SSSR count). The Kier molecular flexibility index (Phi) is 6.96. The highest BCUT2D eigenvalue weighted by molar-refractivity contribution is 7.90. The maximum Gasteiger partial charge on any atom is 0.290 e. The number of benzene rings is 1. The maximum absolute atomic E-state index is 13.3. The summed E-state index contributed by atoms with van der Waals surface area (Å²) in [6, 6.07) is 10.2. The highest BCUT2D eigenvalue weighted by atomic mass is 35.5. The van der Waals surface area contributed by atoms with E-state index in [1.165, 1.54) is 10.0 Å². The van der Waals surface area contributed by atoms with Crippen molar-refractivity contribution in [1.29, 1.82) is 0 Å². The van der Waals surface area contributed by atoms with E-state index in [0.717, 1.165) is 31.7 Å². The normalized spacial score (nSPS) is 16.7. The third-order valence-corrected chi connectivity index (χ3v) is 6.85. The Bertz CT molecular complexity index is 1130. The largest absolute Gasteiger partial charge is 0.483 e. The van der Waals surface area contributed by atoms with Crippen LogP contribution in [0, 0.1) is 0 Å². The number of anilines is 1. The predicted octanol–water partition coefficient (Wildman–Crippen LogP) is 2.82. The van der Waals surface area contributed by atoms with Gasteiger partial charge < -0.3 is 15.3 Å². The van der Waals surface area contributed by atoms with Crippen molar-refractivity contribution in [1.82, 2.24) is 14.3 Å². The van der Waals surface area contributed by atoms with Crippen molar-refractivity contribution in [3.8, 4) is 0 Å². The lowest BCUT2D eigenvalue weighted by molar-refractivity contribution is -0.122. The van der Waals surface area contributed by atoms with Crippen molar-refractivity contribution in [3.63, 3.8) is 0 Å². The van der Waals surface area contributed by atoms with Gasteiger partial charge in [-0.05, 0) is 36.8 Å². The molecule has 160 valence electrons. The Labute approximate surface area is 180 Å². The van der Waals surface area contributed by atoms with E-state index in [4.69, 9.17) is 21.5 Å². The van der Waals surface area contributed by atoms with Crippen LogP contribution in [0.15, 0.2) is 53.7 Å². The average Bonchev–Trinajstić information content (AvgIpc) is 3.15. The number of nitrogens with zero attached hydrogens (tertiary/aromatic N) is 3. The fraction of sp³-hybridized carbons (Fsp3) is 0.300. The number of aromatic nitrogens is 2. The third kappa shape index (κ3) is 4.43. The van der Waals surface area contributed by atoms with E-state index >= 15 is 0 Å². The van der Waals surface area contributed by atoms with Gasteiger partial charge in [-0.25, -0.2) is 12.4 Å². The molecule has 0 unspecified atom stereocenters. The number of rotatable bonds is 4. The number of halogens is 1. The van der Waals surface area contributed by atoms with Gasteiger partial charge in [-0.1, -0.05) is 24.6 Å². The van der Waals surface area contributed by atoms with Gasteiger partial charge in [-0.3, -0.25) is 9.78 Å². The van der Waals surface area contributed by atoms with Crippen LogP contribution in [0.2, 0.25) is 5.02 Å². The van der Waals surface area contributed by atoms with Crippen LogP contribution in [-0.4, -0.2) is 54.6 Å². The molecule has 1 aliphatic heterocycles. The molecule has 0 saturated carbocycles. The lowest BCUT2D eigenvalue weighted by Crippen LogP contribution is -2.50. The van der Waals surface area contributed by atoms with Gasteiger partial charge in [0, 0.05) is 43.1 Å². The first-order chi connectivity index (χ1) is 14.4. The predicted molar refractivity (Wildman–Crippen MR) is 117 cm³/mol. The second-order valence-corrected chi connectivity index (χ2v) is 9.01. The van der Waals surface area contributed by atoms with Gasteiger partial charge >= 0.3 is 0 Å². The van der Waals surface area contributed by atoms with Gasteiger partial charge in [0.15, 0.2) is 0 Å². The van der Waals surface area contributed by atoms with E-state index in [-0.39, 0.29) is 11.4 Å². The molecule has 0 amide bonds. The van der Waals surface area contributed by atoms with Gasteiger partial charge in [-0.15, -0.1) is 0 Å². The zero-order chi connectivity index (χ0) is 21.7. The topological polar surface area (TPSA) is 105 Å². The SMILES string of the molecule is CC[C@H]1CN(c2cn(S(=O)(=O)c3cccc(Cl)c3)c3cccnc23)CCN1.O=CO. The van der Waals surface area contributed by atoms with E-state index in [9.17, 15) is 8.42 Å². The molecule has 8 nitrogen and oxygen atoms in total. The van der Waals surface area contributed by atoms with Gasteiger partial charge in [0.2, 0.25) is 0 Å². The molecule has 1 saturated heterocycles. The maximum atomic E-state index is 13.3. The van der Waals surface area contributed by atoms with Crippen LogP contribution in [0.1, 0.15) is 13.3 Å². The van der Waals surface area contributed by atoms with E-state index < -0.39 is 10.0 Å². The lowest BCUT2D eigenvalue weighted by atomic mass is 10.1. The minimum absolute atomic E-state index is 0.161. The van der Waals surface area contributed by atoms with Crippen molar-refractivity contribution in [3.05, 3.63) is 53.8 Å². The van der Waals surface area contributed by atoms with E-state index in [1.807, 2.05) is 0 Å². The summed E-state index contributed by atoms with van der Waals surface area (Å²) in [5.41, 5.74) is 2.11. The fourth-order valence-electron chi connectivity index (χ4n) is 3.50. The Morgan fingerprint density at radius 1 is 1.33 bits per heavy atom. The Morgan fingerprint density at radius 2 is 2.10 bits per heavy atom. The van der Waals surface area contributed by atoms with Crippen molar-refractivity contribution in [2.45, 2.75) is 24.3 Å². The van der Waals surface area contributed by atoms with Crippen LogP contribution in [0.4, 0.5) is 5.69 Å². The monoisotopic (exact) mass is 450 g/mol. The van der Waals surface area contributed by atoms with Gasteiger partial charge in [0.25, 0.3) is 16.5 Å². The zero-order valence-electron chi connectivity index (χ0n) is 16.4. The smallest absolute Gasteiger partial charge is 0.290 e. The molecule has 1 aromatic carbocycles. The van der Waals surface area contributed by atoms with Gasteiger partial charge in [-0.2, -0.15) is 0 Å². The first-order valence-corrected chi connectivity index (χ1v) is 11.3. The summed E-state index contributed by atoms with van der Waals surface area (Å²) in [6.45, 7) is 4.39. The minimum atomic E-state index is -3.78. The van der Waals surface area contributed by atoms with Crippen LogP contribution in [0.25, 0.3) is 11.0 Å². The van der Waals surface area contributed by atoms with E-state index in [1.54, 1.807) is 42.7 Å².